The summed E-state index contributed by atoms with van der Waals surface area (Å²) in [6, 6.07) is 9.03. The monoisotopic (exact) mass is 483 g/mol. The maximum Gasteiger partial charge on any atom is 0.255 e. The number of hydrogen-bond donors (Lipinski definition) is 4. The molecule has 3 aromatic rings. The lowest BCUT2D eigenvalue weighted by Gasteiger charge is -2.29. The Morgan fingerprint density at radius 2 is 2.21 bits per heavy atom. The molecule has 1 amide bonds. The van der Waals surface area contributed by atoms with Crippen molar-refractivity contribution in [3.63, 3.8) is 0 Å². The van der Waals surface area contributed by atoms with Gasteiger partial charge in [-0.15, -0.1) is 0 Å². The highest BCUT2D eigenvalue weighted by molar-refractivity contribution is 6.32. The Hall–Kier alpha value is -3.27. The summed E-state index contributed by atoms with van der Waals surface area (Å²) in [5, 5.41) is 6.89. The van der Waals surface area contributed by atoms with Crippen molar-refractivity contribution in [2.45, 2.75) is 18.4 Å². The molecule has 178 valence electrons. The van der Waals surface area contributed by atoms with Crippen LogP contribution in [0.2, 0.25) is 5.02 Å². The SMILES string of the molecule is COc1c(Cl)cccc1Nc1c(-c2ccnc(N)c2)[nH]c2c1C(=O)NC[C@H]2C[C@@H]1COCCO1. The summed E-state index contributed by atoms with van der Waals surface area (Å²) in [7, 11) is 1.55. The molecular weight excluding hydrogens is 458 g/mol. The van der Waals surface area contributed by atoms with Gasteiger partial charge in [0.05, 0.1) is 60.7 Å². The van der Waals surface area contributed by atoms with Gasteiger partial charge in [-0.05, 0) is 30.7 Å². The zero-order chi connectivity index (χ0) is 23.7. The number of pyridine rings is 1. The van der Waals surface area contributed by atoms with Crippen LogP contribution in [-0.4, -0.2) is 55.5 Å². The lowest BCUT2D eigenvalue weighted by Crippen LogP contribution is -2.38. The third-order valence-corrected chi connectivity index (χ3v) is 6.40. The number of rotatable bonds is 6. The number of para-hydroxylation sites is 1. The molecule has 2 aromatic heterocycles. The van der Waals surface area contributed by atoms with Crippen molar-refractivity contribution < 1.29 is 19.0 Å². The summed E-state index contributed by atoms with van der Waals surface area (Å²) in [5.74, 6) is 0.721. The second-order valence-electron chi connectivity index (χ2n) is 8.29. The smallest absolute Gasteiger partial charge is 0.255 e. The Balaban J connectivity index is 1.62. The number of benzene rings is 1. The normalized spacial score (nSPS) is 19.9. The lowest BCUT2D eigenvalue weighted by molar-refractivity contribution is -0.0928. The number of methoxy groups -OCH3 is 1. The number of amides is 1. The molecule has 1 saturated heterocycles. The number of nitrogens with two attached hydrogens (primary N) is 1. The van der Waals surface area contributed by atoms with Crippen molar-refractivity contribution in [3.8, 4) is 17.0 Å². The molecule has 34 heavy (non-hydrogen) atoms. The second-order valence-corrected chi connectivity index (χ2v) is 8.70. The van der Waals surface area contributed by atoms with E-state index in [4.69, 9.17) is 31.5 Å². The van der Waals surface area contributed by atoms with E-state index in [1.165, 1.54) is 0 Å². The van der Waals surface area contributed by atoms with E-state index in [0.717, 1.165) is 17.0 Å². The van der Waals surface area contributed by atoms with Gasteiger partial charge in [-0.3, -0.25) is 4.79 Å². The number of ether oxygens (including phenoxy) is 3. The number of aromatic nitrogens is 2. The lowest BCUT2D eigenvalue weighted by atomic mass is 9.91. The Kier molecular flexibility index (Phi) is 6.32. The largest absolute Gasteiger partial charge is 0.493 e. The molecule has 1 aromatic carbocycles. The summed E-state index contributed by atoms with van der Waals surface area (Å²) in [5.41, 5.74) is 10.1. The molecular formula is C24H26ClN5O4. The highest BCUT2D eigenvalue weighted by Gasteiger charge is 2.35. The highest BCUT2D eigenvalue weighted by Crippen LogP contribution is 2.43. The first-order chi connectivity index (χ1) is 16.5. The molecule has 0 spiro atoms. The molecule has 10 heteroatoms. The van der Waals surface area contributed by atoms with E-state index in [1.807, 2.05) is 18.2 Å². The number of carbonyl (C=O) groups excluding carboxylic acids is 1. The second kappa shape index (κ2) is 9.54. The Morgan fingerprint density at radius 1 is 1.32 bits per heavy atom. The van der Waals surface area contributed by atoms with Gasteiger partial charge in [0, 0.05) is 29.9 Å². The zero-order valence-corrected chi connectivity index (χ0v) is 19.4. The van der Waals surface area contributed by atoms with Gasteiger partial charge in [-0.2, -0.15) is 0 Å². The van der Waals surface area contributed by atoms with Crippen LogP contribution >= 0.6 is 11.6 Å². The van der Waals surface area contributed by atoms with Crippen LogP contribution in [0, 0.1) is 0 Å². The number of anilines is 3. The fraction of sp³-hybridized carbons (Fsp3) is 0.333. The highest BCUT2D eigenvalue weighted by atomic mass is 35.5. The Labute approximate surface area is 201 Å². The zero-order valence-electron chi connectivity index (χ0n) is 18.7. The predicted molar refractivity (Wildman–Crippen MR) is 130 cm³/mol. The average Bonchev–Trinajstić information content (AvgIpc) is 3.22. The number of nitrogen functional groups attached to an aromatic ring is 1. The van der Waals surface area contributed by atoms with Crippen LogP contribution in [0.4, 0.5) is 17.2 Å². The molecule has 0 bridgehead atoms. The van der Waals surface area contributed by atoms with Crippen LogP contribution in [0.3, 0.4) is 0 Å². The van der Waals surface area contributed by atoms with Gasteiger partial charge in [0.15, 0.2) is 5.75 Å². The predicted octanol–water partition coefficient (Wildman–Crippen LogP) is 3.70. The number of aromatic amines is 1. The van der Waals surface area contributed by atoms with Gasteiger partial charge < -0.3 is 35.6 Å². The fourth-order valence-corrected chi connectivity index (χ4v) is 4.81. The minimum absolute atomic E-state index is 0.0224. The maximum absolute atomic E-state index is 13.1. The minimum Gasteiger partial charge on any atom is -0.493 e. The quantitative estimate of drug-likeness (QED) is 0.421. The van der Waals surface area contributed by atoms with E-state index < -0.39 is 0 Å². The first-order valence-corrected chi connectivity index (χ1v) is 11.5. The molecule has 4 heterocycles. The summed E-state index contributed by atoms with van der Waals surface area (Å²) in [6.07, 6.45) is 2.32. The fourth-order valence-electron chi connectivity index (χ4n) is 4.55. The standard InChI is InChI=1S/C24H26ClN5O4/c1-32-23-16(25)3-2-4-17(23)29-22-19-20(30-21(22)13-5-6-27-18(26)10-13)14(11-28-24(19)31)9-15-12-33-7-8-34-15/h2-6,10,14-15,29-30H,7-9,11-12H2,1H3,(H2,26,27)(H,28,31)/t14-,15-/m1/s1. The molecule has 5 N–H and O–H groups in total. The average molecular weight is 484 g/mol. The molecule has 0 unspecified atom stereocenters. The summed E-state index contributed by atoms with van der Waals surface area (Å²) in [6.45, 7) is 2.22. The third kappa shape index (κ3) is 4.29. The Morgan fingerprint density at radius 3 is 2.97 bits per heavy atom. The van der Waals surface area contributed by atoms with E-state index >= 15 is 0 Å². The summed E-state index contributed by atoms with van der Waals surface area (Å²) < 4.78 is 17.0. The van der Waals surface area contributed by atoms with Crippen LogP contribution in [0.25, 0.3) is 11.3 Å². The molecule has 5 rings (SSSR count). The van der Waals surface area contributed by atoms with Gasteiger partial charge in [-0.25, -0.2) is 4.98 Å². The number of halogens is 1. The number of nitrogens with one attached hydrogen (secondary N) is 3. The third-order valence-electron chi connectivity index (χ3n) is 6.11. The number of hydrogen-bond acceptors (Lipinski definition) is 7. The molecule has 2 atom stereocenters. The molecule has 0 saturated carbocycles. The first kappa shape index (κ1) is 22.5. The van der Waals surface area contributed by atoms with E-state index in [2.05, 4.69) is 20.6 Å². The van der Waals surface area contributed by atoms with Crippen molar-refractivity contribution in [1.29, 1.82) is 0 Å². The number of fused-ring (bicyclic) bond motifs is 1. The molecule has 1 fully saturated rings. The van der Waals surface area contributed by atoms with Crippen molar-refractivity contribution >= 4 is 34.7 Å². The van der Waals surface area contributed by atoms with Gasteiger partial charge in [-0.1, -0.05) is 17.7 Å². The van der Waals surface area contributed by atoms with Crippen LogP contribution < -0.4 is 21.1 Å². The van der Waals surface area contributed by atoms with E-state index in [9.17, 15) is 4.79 Å². The van der Waals surface area contributed by atoms with Gasteiger partial charge in [0.1, 0.15) is 5.82 Å². The van der Waals surface area contributed by atoms with Gasteiger partial charge in [0.25, 0.3) is 5.91 Å². The molecule has 0 aliphatic carbocycles. The van der Waals surface area contributed by atoms with Gasteiger partial charge >= 0.3 is 0 Å². The number of carbonyl (C=O) groups is 1. The maximum atomic E-state index is 13.1. The van der Waals surface area contributed by atoms with Crippen LogP contribution in [0.5, 0.6) is 5.75 Å². The molecule has 0 radical (unpaired) electrons. The van der Waals surface area contributed by atoms with E-state index in [0.29, 0.717) is 66.3 Å². The summed E-state index contributed by atoms with van der Waals surface area (Å²) in [4.78, 5) is 20.8. The van der Waals surface area contributed by atoms with E-state index in [-0.39, 0.29) is 17.9 Å². The molecule has 9 nitrogen and oxygen atoms in total. The first-order valence-electron chi connectivity index (χ1n) is 11.1. The van der Waals surface area contributed by atoms with Crippen molar-refractivity contribution in [2.75, 3.05) is 44.5 Å². The van der Waals surface area contributed by atoms with Crippen molar-refractivity contribution in [2.24, 2.45) is 0 Å². The van der Waals surface area contributed by atoms with Crippen LogP contribution in [0.15, 0.2) is 36.5 Å². The summed E-state index contributed by atoms with van der Waals surface area (Å²) >= 11 is 6.35. The van der Waals surface area contributed by atoms with Crippen LogP contribution in [-0.2, 0) is 9.47 Å². The topological polar surface area (TPSA) is 124 Å². The molecule has 2 aliphatic rings. The number of nitrogens with zero attached hydrogens (tertiary/aromatic N) is 1. The van der Waals surface area contributed by atoms with E-state index in [1.54, 1.807) is 25.4 Å². The van der Waals surface area contributed by atoms with Crippen LogP contribution in [0.1, 0.15) is 28.4 Å². The van der Waals surface area contributed by atoms with Gasteiger partial charge in [0.2, 0.25) is 0 Å². The minimum atomic E-state index is -0.167. The van der Waals surface area contributed by atoms with Crippen molar-refractivity contribution in [1.82, 2.24) is 15.3 Å². The van der Waals surface area contributed by atoms with Crippen molar-refractivity contribution in [3.05, 3.63) is 52.8 Å². The number of H-pyrrole nitrogens is 1. The Bertz CT molecular complexity index is 1210. The molecule has 2 aliphatic heterocycles.